The molecule has 1 heterocycles. The van der Waals surface area contributed by atoms with E-state index in [1.807, 2.05) is 13.8 Å². The molecule has 0 saturated heterocycles. The molecule has 0 aliphatic heterocycles. The Bertz CT molecular complexity index is 794. The Morgan fingerprint density at radius 3 is 2.57 bits per heavy atom. The predicted octanol–water partition coefficient (Wildman–Crippen LogP) is 2.47. The number of rotatable bonds is 6. The molecule has 1 aliphatic rings. The van der Waals surface area contributed by atoms with Crippen LogP contribution in [0.15, 0.2) is 45.9 Å². The minimum atomic E-state index is -3.68. The fraction of sp³-hybridized carbons (Fsp3) is 0.412. The zero-order valence-corrected chi connectivity index (χ0v) is 14.1. The first kappa shape index (κ1) is 16.2. The summed E-state index contributed by atoms with van der Waals surface area (Å²) in [6.45, 7) is 3.71. The van der Waals surface area contributed by atoms with Crippen LogP contribution in [0, 0.1) is 19.8 Å². The van der Waals surface area contributed by atoms with Crippen LogP contribution in [0.4, 0.5) is 0 Å². The summed E-state index contributed by atoms with van der Waals surface area (Å²) in [5.41, 5.74) is 0.654. The van der Waals surface area contributed by atoms with Gasteiger partial charge in [-0.1, -0.05) is 6.07 Å². The zero-order chi connectivity index (χ0) is 16.7. The predicted molar refractivity (Wildman–Crippen MR) is 86.4 cm³/mol. The Morgan fingerprint density at radius 2 is 2.00 bits per heavy atom. The molecule has 23 heavy (non-hydrogen) atoms. The molecule has 1 atom stereocenters. The van der Waals surface area contributed by atoms with E-state index >= 15 is 0 Å². The summed E-state index contributed by atoms with van der Waals surface area (Å²) in [5, 5.41) is 10.9. The van der Waals surface area contributed by atoms with Crippen molar-refractivity contribution in [2.75, 3.05) is 6.54 Å². The van der Waals surface area contributed by atoms with Gasteiger partial charge in [0.1, 0.15) is 11.4 Å². The van der Waals surface area contributed by atoms with E-state index in [-0.39, 0.29) is 17.4 Å². The summed E-state index contributed by atoms with van der Waals surface area (Å²) in [6, 6.07) is 8.38. The van der Waals surface area contributed by atoms with Crippen LogP contribution in [0.5, 0.6) is 0 Å². The molecule has 2 N–H and O–H groups in total. The van der Waals surface area contributed by atoms with Gasteiger partial charge in [-0.25, -0.2) is 13.1 Å². The average Bonchev–Trinajstić information content (AvgIpc) is 3.23. The highest BCUT2D eigenvalue weighted by molar-refractivity contribution is 7.89. The second-order valence-electron chi connectivity index (χ2n) is 6.25. The molecular formula is C17H21NO4S. The molecule has 5 nitrogen and oxygen atoms in total. The Balaban J connectivity index is 1.81. The molecule has 1 aliphatic carbocycles. The number of furan rings is 1. The van der Waals surface area contributed by atoms with Crippen LogP contribution in [0.25, 0.3) is 0 Å². The van der Waals surface area contributed by atoms with Gasteiger partial charge in [-0.05, 0) is 68.0 Å². The third kappa shape index (κ3) is 3.20. The lowest BCUT2D eigenvalue weighted by Gasteiger charge is -2.26. The van der Waals surface area contributed by atoms with Gasteiger partial charge in [0, 0.05) is 6.54 Å². The van der Waals surface area contributed by atoms with E-state index in [1.54, 1.807) is 30.3 Å². The first-order valence-electron chi connectivity index (χ1n) is 7.66. The second kappa shape index (κ2) is 5.78. The minimum Gasteiger partial charge on any atom is -0.466 e. The number of aryl methyl sites for hydroxylation is 2. The Labute approximate surface area is 136 Å². The topological polar surface area (TPSA) is 79.5 Å². The van der Waals surface area contributed by atoms with Gasteiger partial charge in [-0.3, -0.25) is 0 Å². The summed E-state index contributed by atoms with van der Waals surface area (Å²) >= 11 is 0. The van der Waals surface area contributed by atoms with E-state index in [9.17, 15) is 13.5 Å². The van der Waals surface area contributed by atoms with Crippen molar-refractivity contribution in [1.29, 1.82) is 0 Å². The molecule has 2 aromatic rings. The highest BCUT2D eigenvalue weighted by atomic mass is 32.2. The van der Waals surface area contributed by atoms with Crippen LogP contribution in [-0.2, 0) is 15.6 Å². The van der Waals surface area contributed by atoms with Gasteiger partial charge in [0.15, 0.2) is 0 Å². The second-order valence-corrected chi connectivity index (χ2v) is 8.01. The van der Waals surface area contributed by atoms with Crippen molar-refractivity contribution >= 4 is 10.0 Å². The largest absolute Gasteiger partial charge is 0.466 e. The number of nitrogens with one attached hydrogen (secondary N) is 1. The summed E-state index contributed by atoms with van der Waals surface area (Å²) in [7, 11) is -3.68. The number of benzene rings is 1. The van der Waals surface area contributed by atoms with E-state index < -0.39 is 15.6 Å². The summed E-state index contributed by atoms with van der Waals surface area (Å²) in [6.07, 6.45) is 3.21. The van der Waals surface area contributed by atoms with Crippen LogP contribution in [0.1, 0.15) is 29.7 Å². The first-order valence-corrected chi connectivity index (χ1v) is 9.14. The molecule has 0 radical (unpaired) electrons. The van der Waals surface area contributed by atoms with Gasteiger partial charge in [0.05, 0.1) is 11.2 Å². The van der Waals surface area contributed by atoms with Crippen molar-refractivity contribution in [3.8, 4) is 0 Å². The van der Waals surface area contributed by atoms with Gasteiger partial charge in [-0.2, -0.15) is 0 Å². The monoisotopic (exact) mass is 335 g/mol. The number of hydrogen-bond acceptors (Lipinski definition) is 4. The molecule has 124 valence electrons. The summed E-state index contributed by atoms with van der Waals surface area (Å²) in [4.78, 5) is 0.207. The molecule has 1 aromatic heterocycles. The zero-order valence-electron chi connectivity index (χ0n) is 13.2. The summed E-state index contributed by atoms with van der Waals surface area (Å²) < 4.78 is 32.9. The standard InChI is InChI=1S/C17H21NO4S/c1-12-5-8-15(10-13(12)2)23(20,21)18-11-17(19,14-6-7-14)16-4-3-9-22-16/h3-5,8-10,14,18-19H,6-7,11H2,1-2H3. The molecule has 1 saturated carbocycles. The van der Waals surface area contributed by atoms with Crippen molar-refractivity contribution in [3.05, 3.63) is 53.5 Å². The highest BCUT2D eigenvalue weighted by Gasteiger charge is 2.47. The molecular weight excluding hydrogens is 314 g/mol. The SMILES string of the molecule is Cc1ccc(S(=O)(=O)NCC(O)(c2ccco2)C2CC2)cc1C. The quantitative estimate of drug-likeness (QED) is 0.850. The van der Waals surface area contributed by atoms with Crippen LogP contribution in [0.3, 0.4) is 0 Å². The Kier molecular flexibility index (Phi) is 4.08. The van der Waals surface area contributed by atoms with Gasteiger partial charge in [-0.15, -0.1) is 0 Å². The Hall–Kier alpha value is -1.63. The molecule has 3 rings (SSSR count). The molecule has 1 fully saturated rings. The maximum absolute atomic E-state index is 12.5. The lowest BCUT2D eigenvalue weighted by Crippen LogP contribution is -2.42. The Morgan fingerprint density at radius 1 is 1.26 bits per heavy atom. The molecule has 0 amide bonds. The van der Waals surface area contributed by atoms with Gasteiger partial charge < -0.3 is 9.52 Å². The van der Waals surface area contributed by atoms with Crippen LogP contribution >= 0.6 is 0 Å². The van der Waals surface area contributed by atoms with Crippen LogP contribution in [0.2, 0.25) is 0 Å². The smallest absolute Gasteiger partial charge is 0.240 e. The van der Waals surface area contributed by atoms with Gasteiger partial charge in [0.25, 0.3) is 0 Å². The van der Waals surface area contributed by atoms with Crippen molar-refractivity contribution in [2.24, 2.45) is 5.92 Å². The fourth-order valence-corrected chi connectivity index (χ4v) is 3.84. The van der Waals surface area contributed by atoms with E-state index in [0.29, 0.717) is 5.76 Å². The number of sulfonamides is 1. The van der Waals surface area contributed by atoms with E-state index in [0.717, 1.165) is 24.0 Å². The van der Waals surface area contributed by atoms with Gasteiger partial charge >= 0.3 is 0 Å². The van der Waals surface area contributed by atoms with Crippen molar-refractivity contribution in [3.63, 3.8) is 0 Å². The maximum Gasteiger partial charge on any atom is 0.240 e. The molecule has 0 bridgehead atoms. The molecule has 6 heteroatoms. The summed E-state index contributed by atoms with van der Waals surface area (Å²) in [5.74, 6) is 0.430. The highest BCUT2D eigenvalue weighted by Crippen LogP contribution is 2.45. The van der Waals surface area contributed by atoms with Crippen molar-refractivity contribution < 1.29 is 17.9 Å². The van der Waals surface area contributed by atoms with Crippen LogP contribution in [-0.4, -0.2) is 20.1 Å². The fourth-order valence-electron chi connectivity index (χ4n) is 2.69. The minimum absolute atomic E-state index is 0.0242. The van der Waals surface area contributed by atoms with E-state index in [2.05, 4.69) is 4.72 Å². The van der Waals surface area contributed by atoms with E-state index in [4.69, 9.17) is 4.42 Å². The molecule has 1 unspecified atom stereocenters. The van der Waals surface area contributed by atoms with Crippen LogP contribution < -0.4 is 4.72 Å². The third-order valence-corrected chi connectivity index (χ3v) is 5.92. The maximum atomic E-state index is 12.5. The van der Waals surface area contributed by atoms with Crippen molar-refractivity contribution in [1.82, 2.24) is 4.72 Å². The average molecular weight is 335 g/mol. The van der Waals surface area contributed by atoms with E-state index in [1.165, 1.54) is 6.26 Å². The first-order chi connectivity index (χ1) is 10.8. The normalized spacial score (nSPS) is 17.9. The van der Waals surface area contributed by atoms with Gasteiger partial charge in [0.2, 0.25) is 10.0 Å². The van der Waals surface area contributed by atoms with Crippen molar-refractivity contribution in [2.45, 2.75) is 37.2 Å². The molecule has 1 aromatic carbocycles. The lowest BCUT2D eigenvalue weighted by atomic mass is 9.95. The number of aliphatic hydroxyl groups is 1. The number of hydrogen-bond donors (Lipinski definition) is 2. The lowest BCUT2D eigenvalue weighted by molar-refractivity contribution is -0.00224. The third-order valence-electron chi connectivity index (χ3n) is 4.52. The molecule has 0 spiro atoms.